The van der Waals surface area contributed by atoms with Gasteiger partial charge in [-0.3, -0.25) is 4.79 Å². The highest BCUT2D eigenvalue weighted by Gasteiger charge is 2.13. The predicted molar refractivity (Wildman–Crippen MR) is 101 cm³/mol. The molecule has 3 heteroatoms. The molecule has 0 amide bonds. The molecule has 2 aromatic carbocycles. The Morgan fingerprint density at radius 3 is 2.28 bits per heavy atom. The van der Waals surface area contributed by atoms with Crippen molar-refractivity contribution < 1.29 is 14.3 Å². The molecular formula is C22H28O3. The van der Waals surface area contributed by atoms with Gasteiger partial charge in [0.05, 0.1) is 13.5 Å². The summed E-state index contributed by atoms with van der Waals surface area (Å²) in [5.41, 5.74) is 5.84. The van der Waals surface area contributed by atoms with Crippen LogP contribution in [0.1, 0.15) is 48.6 Å². The van der Waals surface area contributed by atoms with E-state index in [1.165, 1.54) is 23.8 Å². The Labute approximate surface area is 151 Å². The number of carbonyl (C=O) groups is 1. The molecule has 0 saturated heterocycles. The van der Waals surface area contributed by atoms with E-state index in [1.807, 2.05) is 12.1 Å². The van der Waals surface area contributed by atoms with Crippen LogP contribution < -0.4 is 4.74 Å². The van der Waals surface area contributed by atoms with Gasteiger partial charge in [0, 0.05) is 0 Å². The molecule has 0 aliphatic carbocycles. The highest BCUT2D eigenvalue weighted by molar-refractivity contribution is 5.73. The minimum absolute atomic E-state index is 0.226. The summed E-state index contributed by atoms with van der Waals surface area (Å²) in [7, 11) is 1.42. The summed E-state index contributed by atoms with van der Waals surface area (Å²) in [4.78, 5) is 11.7. The Morgan fingerprint density at radius 2 is 1.64 bits per heavy atom. The predicted octanol–water partition coefficient (Wildman–Crippen LogP) is 4.67. The maximum absolute atomic E-state index is 11.7. The van der Waals surface area contributed by atoms with Crippen LogP contribution in [0.5, 0.6) is 5.75 Å². The fourth-order valence-electron chi connectivity index (χ4n) is 3.02. The van der Waals surface area contributed by atoms with Gasteiger partial charge in [0.15, 0.2) is 0 Å². The Hall–Kier alpha value is -2.29. The maximum atomic E-state index is 11.7. The minimum atomic E-state index is -0.226. The Balaban J connectivity index is 2.26. The van der Waals surface area contributed by atoms with Crippen molar-refractivity contribution in [1.29, 1.82) is 0 Å². The standard InChI is InChI=1S/C22H28O3/c1-5-16-11-12-21(18(7-3)13-16)25-15-20-17(6-2)9-8-10-19(20)14-22(23)24-4/h8-13H,5-7,14-15H2,1-4H3. The third-order valence-corrected chi connectivity index (χ3v) is 4.60. The van der Waals surface area contributed by atoms with E-state index in [4.69, 9.17) is 9.47 Å². The van der Waals surface area contributed by atoms with E-state index in [-0.39, 0.29) is 12.4 Å². The zero-order chi connectivity index (χ0) is 18.2. The van der Waals surface area contributed by atoms with Gasteiger partial charge in [0.25, 0.3) is 0 Å². The molecule has 0 radical (unpaired) electrons. The summed E-state index contributed by atoms with van der Waals surface area (Å²) in [6.45, 7) is 6.89. The Morgan fingerprint density at radius 1 is 0.920 bits per heavy atom. The third kappa shape index (κ3) is 4.85. The molecular weight excluding hydrogens is 312 g/mol. The van der Waals surface area contributed by atoms with Gasteiger partial charge in [-0.25, -0.2) is 0 Å². The van der Waals surface area contributed by atoms with E-state index < -0.39 is 0 Å². The monoisotopic (exact) mass is 340 g/mol. The second-order valence-corrected chi connectivity index (χ2v) is 6.10. The van der Waals surface area contributed by atoms with Crippen LogP contribution in [-0.4, -0.2) is 13.1 Å². The van der Waals surface area contributed by atoms with Crippen LogP contribution in [0.3, 0.4) is 0 Å². The van der Waals surface area contributed by atoms with E-state index >= 15 is 0 Å². The van der Waals surface area contributed by atoms with Crippen LogP contribution >= 0.6 is 0 Å². The van der Waals surface area contributed by atoms with Gasteiger partial charge in [-0.1, -0.05) is 51.1 Å². The number of carbonyl (C=O) groups excluding carboxylic acids is 1. The summed E-state index contributed by atoms with van der Waals surface area (Å²) in [5, 5.41) is 0. The van der Waals surface area contributed by atoms with Gasteiger partial charge in [0.1, 0.15) is 12.4 Å². The Bertz CT molecular complexity index is 719. The molecule has 0 aliphatic rings. The number of aryl methyl sites for hydroxylation is 3. The molecule has 2 aromatic rings. The molecule has 0 fully saturated rings. The largest absolute Gasteiger partial charge is 0.489 e. The average molecular weight is 340 g/mol. The van der Waals surface area contributed by atoms with E-state index in [0.29, 0.717) is 6.61 Å². The van der Waals surface area contributed by atoms with Gasteiger partial charge in [-0.2, -0.15) is 0 Å². The van der Waals surface area contributed by atoms with Crippen molar-refractivity contribution in [2.45, 2.75) is 53.1 Å². The molecule has 0 bridgehead atoms. The number of esters is 1. The number of ether oxygens (including phenoxy) is 2. The van der Waals surface area contributed by atoms with Crippen molar-refractivity contribution in [1.82, 2.24) is 0 Å². The van der Waals surface area contributed by atoms with E-state index in [2.05, 4.69) is 45.0 Å². The Kier molecular flexibility index (Phi) is 7.05. The fourth-order valence-corrected chi connectivity index (χ4v) is 3.02. The lowest BCUT2D eigenvalue weighted by molar-refractivity contribution is -0.139. The first-order valence-electron chi connectivity index (χ1n) is 9.03. The second kappa shape index (κ2) is 9.26. The lowest BCUT2D eigenvalue weighted by Gasteiger charge is -2.16. The van der Waals surface area contributed by atoms with Crippen molar-refractivity contribution in [3.05, 3.63) is 64.2 Å². The van der Waals surface area contributed by atoms with Crippen molar-refractivity contribution >= 4 is 5.97 Å². The SMILES string of the molecule is CCc1ccc(OCc2c(CC)cccc2CC(=O)OC)c(CC)c1. The molecule has 0 saturated carbocycles. The normalized spacial score (nSPS) is 10.6. The molecule has 0 atom stereocenters. The quantitative estimate of drug-likeness (QED) is 0.655. The molecule has 0 N–H and O–H groups in total. The van der Waals surface area contributed by atoms with E-state index in [9.17, 15) is 4.79 Å². The minimum Gasteiger partial charge on any atom is -0.489 e. The summed E-state index contributed by atoms with van der Waals surface area (Å²) in [6.07, 6.45) is 3.14. The van der Waals surface area contributed by atoms with Gasteiger partial charge in [-0.05, 0) is 53.1 Å². The average Bonchev–Trinajstić information content (AvgIpc) is 2.66. The molecule has 25 heavy (non-hydrogen) atoms. The van der Waals surface area contributed by atoms with Crippen LogP contribution in [0.2, 0.25) is 0 Å². The van der Waals surface area contributed by atoms with Gasteiger partial charge < -0.3 is 9.47 Å². The van der Waals surface area contributed by atoms with Crippen LogP contribution in [0, 0.1) is 0 Å². The molecule has 0 heterocycles. The first-order chi connectivity index (χ1) is 12.1. The van der Waals surface area contributed by atoms with Crippen molar-refractivity contribution in [2.24, 2.45) is 0 Å². The van der Waals surface area contributed by atoms with Crippen LogP contribution in [-0.2, 0) is 41.8 Å². The maximum Gasteiger partial charge on any atom is 0.309 e. The molecule has 2 rings (SSSR count). The van der Waals surface area contributed by atoms with Crippen molar-refractivity contribution in [3.63, 3.8) is 0 Å². The van der Waals surface area contributed by atoms with Crippen LogP contribution in [0.15, 0.2) is 36.4 Å². The zero-order valence-corrected chi connectivity index (χ0v) is 15.7. The fraction of sp³-hybridized carbons (Fsp3) is 0.409. The summed E-state index contributed by atoms with van der Waals surface area (Å²) in [6, 6.07) is 12.5. The highest BCUT2D eigenvalue weighted by Crippen LogP contribution is 2.24. The lowest BCUT2D eigenvalue weighted by atomic mass is 9.97. The summed E-state index contributed by atoms with van der Waals surface area (Å²) < 4.78 is 11.0. The number of hydrogen-bond donors (Lipinski definition) is 0. The number of methoxy groups -OCH3 is 1. The van der Waals surface area contributed by atoms with Gasteiger partial charge >= 0.3 is 5.97 Å². The van der Waals surface area contributed by atoms with Gasteiger partial charge in [-0.15, -0.1) is 0 Å². The number of hydrogen-bond acceptors (Lipinski definition) is 3. The molecule has 3 nitrogen and oxygen atoms in total. The molecule has 0 spiro atoms. The van der Waals surface area contributed by atoms with Crippen LogP contribution in [0.4, 0.5) is 0 Å². The molecule has 134 valence electrons. The molecule has 0 aromatic heterocycles. The zero-order valence-electron chi connectivity index (χ0n) is 15.7. The molecule has 0 unspecified atom stereocenters. The third-order valence-electron chi connectivity index (χ3n) is 4.60. The summed E-state index contributed by atoms with van der Waals surface area (Å²) in [5.74, 6) is 0.700. The second-order valence-electron chi connectivity index (χ2n) is 6.10. The topological polar surface area (TPSA) is 35.5 Å². The van der Waals surface area contributed by atoms with E-state index in [0.717, 1.165) is 36.1 Å². The first kappa shape index (κ1) is 19.0. The lowest BCUT2D eigenvalue weighted by Crippen LogP contribution is -2.11. The van der Waals surface area contributed by atoms with Crippen molar-refractivity contribution in [3.8, 4) is 5.75 Å². The highest BCUT2D eigenvalue weighted by atomic mass is 16.5. The smallest absolute Gasteiger partial charge is 0.309 e. The van der Waals surface area contributed by atoms with Crippen LogP contribution in [0.25, 0.3) is 0 Å². The van der Waals surface area contributed by atoms with Gasteiger partial charge in [0.2, 0.25) is 0 Å². The number of benzene rings is 2. The van der Waals surface area contributed by atoms with E-state index in [1.54, 1.807) is 0 Å². The summed E-state index contributed by atoms with van der Waals surface area (Å²) >= 11 is 0. The first-order valence-corrected chi connectivity index (χ1v) is 9.03. The number of rotatable bonds is 8. The molecule has 0 aliphatic heterocycles. The van der Waals surface area contributed by atoms with Crippen molar-refractivity contribution in [2.75, 3.05) is 7.11 Å².